The maximum Gasteiger partial charge on any atom is 0.422 e. The summed E-state index contributed by atoms with van der Waals surface area (Å²) in [6, 6.07) is 2.77. The van der Waals surface area contributed by atoms with Gasteiger partial charge >= 0.3 is 6.18 Å². The van der Waals surface area contributed by atoms with Crippen molar-refractivity contribution in [2.24, 2.45) is 5.92 Å². The monoisotopic (exact) mass is 361 g/mol. The Bertz CT molecular complexity index is 581. The average molecular weight is 361 g/mol. The molecule has 2 fully saturated rings. The van der Waals surface area contributed by atoms with Crippen LogP contribution in [-0.4, -0.2) is 49.4 Å². The third-order valence-electron chi connectivity index (χ3n) is 4.79. The van der Waals surface area contributed by atoms with Crippen molar-refractivity contribution >= 4 is 5.91 Å². The lowest BCUT2D eigenvalue weighted by Crippen LogP contribution is -2.48. The first-order valence-corrected chi connectivity index (χ1v) is 8.62. The Morgan fingerprint density at radius 1 is 1.20 bits per heavy atom. The van der Waals surface area contributed by atoms with Crippen LogP contribution < -0.4 is 4.74 Å². The maximum atomic E-state index is 12.8. The standard InChI is InChI=1S/C17H22F3NO4/c18-17(19,20)11-24-15-5-4-14(25-15)16(22)21-8-2-1-3-13(21)12-6-9-23-10-7-12/h4-5,12-13H,1-3,6-11H2. The molecule has 2 saturated heterocycles. The number of ether oxygens (including phenoxy) is 2. The summed E-state index contributed by atoms with van der Waals surface area (Å²) in [5.74, 6) is -0.150. The second-order valence-electron chi connectivity index (χ2n) is 6.53. The molecule has 3 heterocycles. The van der Waals surface area contributed by atoms with E-state index in [-0.39, 0.29) is 23.7 Å². The highest BCUT2D eigenvalue weighted by atomic mass is 19.4. The van der Waals surface area contributed by atoms with E-state index in [1.807, 2.05) is 4.90 Å². The lowest BCUT2D eigenvalue weighted by Gasteiger charge is -2.41. The van der Waals surface area contributed by atoms with Crippen molar-refractivity contribution < 1.29 is 31.9 Å². The van der Waals surface area contributed by atoms with Crippen molar-refractivity contribution in [3.63, 3.8) is 0 Å². The van der Waals surface area contributed by atoms with Crippen molar-refractivity contribution in [2.45, 2.75) is 44.3 Å². The SMILES string of the molecule is O=C(c1ccc(OCC(F)(F)F)o1)N1CCCCC1C1CCOCC1. The van der Waals surface area contributed by atoms with Crippen LogP contribution >= 0.6 is 0 Å². The first kappa shape index (κ1) is 18.1. The molecule has 0 aromatic carbocycles. The van der Waals surface area contributed by atoms with Crippen LogP contribution in [0.25, 0.3) is 0 Å². The van der Waals surface area contributed by atoms with E-state index in [0.29, 0.717) is 25.7 Å². The van der Waals surface area contributed by atoms with Crippen molar-refractivity contribution in [1.82, 2.24) is 4.90 Å². The molecule has 1 atom stereocenters. The number of hydrogen-bond donors (Lipinski definition) is 0. The normalized spacial score (nSPS) is 22.8. The Hall–Kier alpha value is -1.70. The lowest BCUT2D eigenvalue weighted by molar-refractivity contribution is -0.156. The number of alkyl halides is 3. The minimum absolute atomic E-state index is 0.0242. The van der Waals surface area contributed by atoms with Gasteiger partial charge in [0.25, 0.3) is 11.9 Å². The van der Waals surface area contributed by atoms with E-state index in [0.717, 1.165) is 32.1 Å². The van der Waals surface area contributed by atoms with Gasteiger partial charge in [-0.1, -0.05) is 0 Å². The van der Waals surface area contributed by atoms with Crippen LogP contribution in [0.1, 0.15) is 42.7 Å². The van der Waals surface area contributed by atoms with E-state index < -0.39 is 12.8 Å². The number of carbonyl (C=O) groups excluding carboxylic acids is 1. The van der Waals surface area contributed by atoms with Gasteiger partial charge in [-0.3, -0.25) is 4.79 Å². The Labute approximate surface area is 144 Å². The molecule has 8 heteroatoms. The second kappa shape index (κ2) is 7.68. The van der Waals surface area contributed by atoms with Gasteiger partial charge in [-0.2, -0.15) is 13.2 Å². The Balaban J connectivity index is 1.66. The zero-order chi connectivity index (χ0) is 17.9. The summed E-state index contributed by atoms with van der Waals surface area (Å²) in [7, 11) is 0. The summed E-state index contributed by atoms with van der Waals surface area (Å²) in [6.07, 6.45) is 0.332. The number of nitrogens with zero attached hydrogens (tertiary/aromatic N) is 1. The van der Waals surface area contributed by atoms with Gasteiger partial charge < -0.3 is 18.8 Å². The highest BCUT2D eigenvalue weighted by Gasteiger charge is 2.35. The summed E-state index contributed by atoms with van der Waals surface area (Å²) < 4.78 is 51.8. The van der Waals surface area contributed by atoms with Crippen LogP contribution in [0, 0.1) is 5.92 Å². The van der Waals surface area contributed by atoms with Crippen LogP contribution in [0.5, 0.6) is 5.95 Å². The summed E-state index contributed by atoms with van der Waals surface area (Å²) in [4.78, 5) is 14.6. The number of amides is 1. The van der Waals surface area contributed by atoms with Crippen LogP contribution in [0.3, 0.4) is 0 Å². The van der Waals surface area contributed by atoms with Gasteiger partial charge in [0.2, 0.25) is 0 Å². The zero-order valence-electron chi connectivity index (χ0n) is 13.9. The van der Waals surface area contributed by atoms with Crippen LogP contribution in [0.4, 0.5) is 13.2 Å². The molecule has 0 spiro atoms. The fourth-order valence-corrected chi connectivity index (χ4v) is 3.61. The molecule has 0 bridgehead atoms. The summed E-state index contributed by atoms with van der Waals surface area (Å²) in [5, 5.41) is 0. The molecular formula is C17H22F3NO4. The molecule has 0 saturated carbocycles. The van der Waals surface area contributed by atoms with E-state index in [1.165, 1.54) is 12.1 Å². The third-order valence-corrected chi connectivity index (χ3v) is 4.79. The molecule has 0 radical (unpaired) electrons. The quantitative estimate of drug-likeness (QED) is 0.822. The number of piperidine rings is 1. The van der Waals surface area contributed by atoms with E-state index in [4.69, 9.17) is 9.15 Å². The van der Waals surface area contributed by atoms with E-state index in [9.17, 15) is 18.0 Å². The highest BCUT2D eigenvalue weighted by molar-refractivity contribution is 5.92. The zero-order valence-corrected chi connectivity index (χ0v) is 13.9. The Morgan fingerprint density at radius 2 is 1.96 bits per heavy atom. The predicted molar refractivity (Wildman–Crippen MR) is 82.5 cm³/mol. The highest BCUT2D eigenvalue weighted by Crippen LogP contribution is 2.31. The number of hydrogen-bond acceptors (Lipinski definition) is 4. The topological polar surface area (TPSA) is 51.9 Å². The second-order valence-corrected chi connectivity index (χ2v) is 6.53. The van der Waals surface area contributed by atoms with Gasteiger partial charge in [0.05, 0.1) is 0 Å². The molecule has 1 aromatic rings. The molecule has 0 N–H and O–H groups in total. The predicted octanol–water partition coefficient (Wildman–Crippen LogP) is 3.64. The van der Waals surface area contributed by atoms with E-state index >= 15 is 0 Å². The molecule has 3 rings (SSSR count). The lowest BCUT2D eigenvalue weighted by atomic mass is 9.85. The van der Waals surface area contributed by atoms with Gasteiger partial charge in [-0.15, -0.1) is 0 Å². The van der Waals surface area contributed by atoms with Crippen molar-refractivity contribution in [1.29, 1.82) is 0 Å². The summed E-state index contributed by atoms with van der Waals surface area (Å²) in [6.45, 7) is 0.613. The molecule has 1 amide bonds. The number of carbonyl (C=O) groups is 1. The Morgan fingerprint density at radius 3 is 2.68 bits per heavy atom. The first-order valence-electron chi connectivity index (χ1n) is 8.62. The summed E-state index contributed by atoms with van der Waals surface area (Å²) >= 11 is 0. The van der Waals surface area contributed by atoms with Crippen LogP contribution in [-0.2, 0) is 4.74 Å². The smallest absolute Gasteiger partial charge is 0.422 e. The molecule has 140 valence electrons. The average Bonchev–Trinajstić information content (AvgIpc) is 3.09. The third kappa shape index (κ3) is 4.68. The van der Waals surface area contributed by atoms with Gasteiger partial charge in [0, 0.05) is 31.9 Å². The number of likely N-dealkylation sites (tertiary alicyclic amines) is 1. The van der Waals surface area contributed by atoms with Gasteiger partial charge in [-0.25, -0.2) is 0 Å². The van der Waals surface area contributed by atoms with Gasteiger partial charge in [0.1, 0.15) is 0 Å². The molecule has 25 heavy (non-hydrogen) atoms. The first-order chi connectivity index (χ1) is 11.9. The number of furan rings is 1. The minimum Gasteiger partial charge on any atom is -0.455 e. The molecular weight excluding hydrogens is 339 g/mol. The van der Waals surface area contributed by atoms with Crippen LogP contribution in [0.2, 0.25) is 0 Å². The fraction of sp³-hybridized carbons (Fsp3) is 0.706. The number of halogens is 3. The van der Waals surface area contributed by atoms with Crippen molar-refractivity contribution in [3.8, 4) is 5.95 Å². The molecule has 2 aliphatic heterocycles. The van der Waals surface area contributed by atoms with Crippen molar-refractivity contribution in [3.05, 3.63) is 17.9 Å². The molecule has 1 aromatic heterocycles. The molecule has 2 aliphatic rings. The van der Waals surface area contributed by atoms with Crippen molar-refractivity contribution in [2.75, 3.05) is 26.4 Å². The summed E-state index contributed by atoms with van der Waals surface area (Å²) in [5.41, 5.74) is 0. The largest absolute Gasteiger partial charge is 0.455 e. The van der Waals surface area contributed by atoms with Gasteiger partial charge in [-0.05, 0) is 44.1 Å². The number of rotatable bonds is 4. The van der Waals surface area contributed by atoms with Gasteiger partial charge in [0.15, 0.2) is 12.4 Å². The minimum atomic E-state index is -4.45. The maximum absolute atomic E-state index is 12.8. The van der Waals surface area contributed by atoms with E-state index in [2.05, 4.69) is 4.74 Å². The molecule has 0 aliphatic carbocycles. The fourth-order valence-electron chi connectivity index (χ4n) is 3.61. The molecule has 5 nitrogen and oxygen atoms in total. The Kier molecular flexibility index (Phi) is 5.56. The molecule has 1 unspecified atom stereocenters. The van der Waals surface area contributed by atoms with E-state index in [1.54, 1.807) is 0 Å². The van der Waals surface area contributed by atoms with Crippen LogP contribution in [0.15, 0.2) is 16.5 Å².